The molecule has 1 fully saturated rings. The quantitative estimate of drug-likeness (QED) is 0.726. The van der Waals surface area contributed by atoms with E-state index in [0.717, 1.165) is 55.7 Å². The number of piperidine rings is 1. The van der Waals surface area contributed by atoms with Crippen LogP contribution in [0.5, 0.6) is 0 Å². The Balaban J connectivity index is 1.32. The Kier molecular flexibility index (Phi) is 6.49. The van der Waals surface area contributed by atoms with Crippen LogP contribution in [0.15, 0.2) is 59.3 Å². The van der Waals surface area contributed by atoms with Gasteiger partial charge in [0, 0.05) is 37.5 Å². The Morgan fingerprint density at radius 2 is 1.97 bits per heavy atom. The summed E-state index contributed by atoms with van der Waals surface area (Å²) in [6.45, 7) is 6.70. The van der Waals surface area contributed by atoms with Crippen LogP contribution in [-0.2, 0) is 4.79 Å². The summed E-state index contributed by atoms with van der Waals surface area (Å²) in [7, 11) is 2.04. The average Bonchev–Trinajstić information content (AvgIpc) is 2.77. The minimum absolute atomic E-state index is 0.0294. The van der Waals surface area contributed by atoms with Gasteiger partial charge in [0.05, 0.1) is 6.10 Å². The molecule has 1 N–H and O–H groups in total. The number of carbonyl (C=O) groups is 1. The number of aliphatic hydroxyl groups excluding tert-OH is 1. The fraction of sp³-hybridized carbons (Fsp3) is 0.560. The molecular weight excluding hydrogens is 393 g/mol. The number of likely N-dealkylation sites (N-methyl/N-ethyl adjacent to an activating group) is 1. The minimum Gasteiger partial charge on any atom is -0.388 e. The Morgan fingerprint density at radius 3 is 2.68 bits per heavy atom. The van der Waals surface area contributed by atoms with Crippen molar-refractivity contribution in [2.75, 3.05) is 26.7 Å². The number of amides is 1. The molecule has 6 heteroatoms. The number of hydrogen-bond acceptors (Lipinski definition) is 4. The summed E-state index contributed by atoms with van der Waals surface area (Å²) in [5, 5.41) is 10.9. The summed E-state index contributed by atoms with van der Waals surface area (Å²) in [4.78, 5) is 19.4. The largest absolute Gasteiger partial charge is 0.388 e. The summed E-state index contributed by atoms with van der Waals surface area (Å²) in [6.07, 6.45) is 13.5. The van der Waals surface area contributed by atoms with E-state index >= 15 is 0 Å². The average molecular weight is 428 g/mol. The van der Waals surface area contributed by atoms with Gasteiger partial charge in [0.2, 0.25) is 0 Å². The maximum absolute atomic E-state index is 13.5. The Morgan fingerprint density at radius 1 is 1.23 bits per heavy atom. The third-order valence-corrected chi connectivity index (χ3v) is 7.41. The number of hydrogen-bond donors (Lipinski definition) is 1. The fourth-order valence-corrected chi connectivity index (χ4v) is 5.25. The molecule has 0 aromatic rings. The second-order valence-electron chi connectivity index (χ2n) is 9.29. The molecule has 1 amide bonds. The van der Waals surface area contributed by atoms with E-state index in [1.165, 1.54) is 6.08 Å². The van der Waals surface area contributed by atoms with E-state index in [4.69, 9.17) is 0 Å². The van der Waals surface area contributed by atoms with Crippen LogP contribution in [0.4, 0.5) is 4.39 Å². The van der Waals surface area contributed by atoms with Crippen LogP contribution in [-0.4, -0.2) is 64.7 Å². The number of aliphatic hydroxyl groups is 1. The molecule has 3 unspecified atom stereocenters. The molecule has 4 rings (SSSR count). The monoisotopic (exact) mass is 427 g/mol. The van der Waals surface area contributed by atoms with Gasteiger partial charge in [-0.05, 0) is 74.9 Å². The minimum atomic E-state index is -0.490. The summed E-state index contributed by atoms with van der Waals surface area (Å²) >= 11 is 0. The summed E-state index contributed by atoms with van der Waals surface area (Å²) in [5.74, 6) is 0.275. The van der Waals surface area contributed by atoms with Gasteiger partial charge in [-0.25, -0.2) is 4.39 Å². The maximum Gasteiger partial charge on any atom is 0.257 e. The van der Waals surface area contributed by atoms with Gasteiger partial charge in [0.1, 0.15) is 12.0 Å². The van der Waals surface area contributed by atoms with Crippen molar-refractivity contribution in [2.45, 2.75) is 51.8 Å². The second-order valence-corrected chi connectivity index (χ2v) is 9.29. The van der Waals surface area contributed by atoms with Crippen LogP contribution < -0.4 is 0 Å². The zero-order valence-electron chi connectivity index (χ0n) is 18.8. The van der Waals surface area contributed by atoms with Crippen LogP contribution in [0.2, 0.25) is 0 Å². The molecule has 3 aliphatic heterocycles. The van der Waals surface area contributed by atoms with Crippen LogP contribution in [0, 0.1) is 11.8 Å². The van der Waals surface area contributed by atoms with Gasteiger partial charge >= 0.3 is 0 Å². The zero-order chi connectivity index (χ0) is 22.1. The van der Waals surface area contributed by atoms with E-state index in [2.05, 4.69) is 9.80 Å². The first-order valence-electron chi connectivity index (χ1n) is 11.4. The predicted molar refractivity (Wildman–Crippen MR) is 120 cm³/mol. The lowest BCUT2D eigenvalue weighted by Crippen LogP contribution is -2.51. The van der Waals surface area contributed by atoms with Crippen LogP contribution in [0.1, 0.15) is 39.5 Å². The Labute approximate surface area is 184 Å². The molecule has 0 aromatic carbocycles. The number of allylic oxidation sites excluding steroid dienone is 6. The first kappa shape index (κ1) is 22.0. The third kappa shape index (κ3) is 4.41. The van der Waals surface area contributed by atoms with E-state index in [1.54, 1.807) is 11.0 Å². The van der Waals surface area contributed by atoms with Crippen molar-refractivity contribution in [1.29, 1.82) is 0 Å². The molecule has 168 valence electrons. The fourth-order valence-electron chi connectivity index (χ4n) is 5.25. The van der Waals surface area contributed by atoms with Crippen LogP contribution in [0.3, 0.4) is 0 Å². The molecule has 0 spiro atoms. The van der Waals surface area contributed by atoms with Gasteiger partial charge in [0.15, 0.2) is 0 Å². The maximum atomic E-state index is 13.5. The van der Waals surface area contributed by atoms with Crippen molar-refractivity contribution in [3.05, 3.63) is 59.3 Å². The van der Waals surface area contributed by atoms with E-state index in [1.807, 2.05) is 45.3 Å². The van der Waals surface area contributed by atoms with Gasteiger partial charge < -0.3 is 14.9 Å². The Bertz CT molecular complexity index is 864. The molecule has 1 saturated heterocycles. The molecule has 0 aromatic heterocycles. The lowest BCUT2D eigenvalue weighted by molar-refractivity contribution is -0.129. The van der Waals surface area contributed by atoms with Gasteiger partial charge in [0.25, 0.3) is 5.91 Å². The third-order valence-electron chi connectivity index (χ3n) is 7.41. The highest BCUT2D eigenvalue weighted by Crippen LogP contribution is 2.34. The second kappa shape index (κ2) is 9.13. The molecule has 4 aliphatic rings. The lowest BCUT2D eigenvalue weighted by atomic mass is 9.80. The highest BCUT2D eigenvalue weighted by atomic mass is 19.1. The SMILES string of the molecule is CC1=C(CCN2CCC(C(O)C3=CC=C(F)CC3C)CC2)C(=O)N2C=CC=CC2N1C. The molecule has 0 bridgehead atoms. The summed E-state index contributed by atoms with van der Waals surface area (Å²) < 4.78 is 13.5. The smallest absolute Gasteiger partial charge is 0.257 e. The number of halogens is 1. The summed E-state index contributed by atoms with van der Waals surface area (Å²) in [6, 6.07) is 0. The predicted octanol–water partition coefficient (Wildman–Crippen LogP) is 3.73. The highest BCUT2D eigenvalue weighted by Gasteiger charge is 2.35. The number of nitrogens with zero attached hydrogens (tertiary/aromatic N) is 3. The topological polar surface area (TPSA) is 47.0 Å². The molecule has 0 radical (unpaired) electrons. The van der Waals surface area contributed by atoms with Crippen molar-refractivity contribution >= 4 is 5.91 Å². The first-order chi connectivity index (χ1) is 14.9. The van der Waals surface area contributed by atoms with E-state index in [0.29, 0.717) is 6.42 Å². The molecule has 5 nitrogen and oxygen atoms in total. The Hall–Kier alpha value is -2.18. The molecule has 0 saturated carbocycles. The van der Waals surface area contributed by atoms with Crippen molar-refractivity contribution < 1.29 is 14.3 Å². The normalized spacial score (nSPS) is 28.6. The molecule has 1 aliphatic carbocycles. The van der Waals surface area contributed by atoms with Crippen molar-refractivity contribution in [3.8, 4) is 0 Å². The van der Waals surface area contributed by atoms with Crippen LogP contribution in [0.25, 0.3) is 0 Å². The molecular formula is C25H34FN3O2. The van der Waals surface area contributed by atoms with E-state index in [9.17, 15) is 14.3 Å². The number of likely N-dealkylation sites (tertiary alicyclic amines) is 1. The van der Waals surface area contributed by atoms with Crippen molar-refractivity contribution in [2.24, 2.45) is 11.8 Å². The molecule has 3 atom stereocenters. The number of carbonyl (C=O) groups excluding carboxylic acids is 1. The van der Waals surface area contributed by atoms with Crippen LogP contribution >= 0.6 is 0 Å². The van der Waals surface area contributed by atoms with Gasteiger partial charge in [-0.15, -0.1) is 0 Å². The number of rotatable bonds is 5. The number of fused-ring (bicyclic) bond motifs is 1. The van der Waals surface area contributed by atoms with Gasteiger partial charge in [-0.1, -0.05) is 19.1 Å². The van der Waals surface area contributed by atoms with E-state index in [-0.39, 0.29) is 29.7 Å². The van der Waals surface area contributed by atoms with Crippen molar-refractivity contribution in [3.63, 3.8) is 0 Å². The van der Waals surface area contributed by atoms with Gasteiger partial charge in [-0.2, -0.15) is 0 Å². The molecule has 3 heterocycles. The van der Waals surface area contributed by atoms with Crippen molar-refractivity contribution in [1.82, 2.24) is 14.7 Å². The lowest BCUT2D eigenvalue weighted by Gasteiger charge is -2.43. The van der Waals surface area contributed by atoms with Gasteiger partial charge in [-0.3, -0.25) is 9.69 Å². The standard InChI is InChI=1S/C25H34FN3O2/c1-17-16-20(26)7-8-21(17)24(30)19-9-13-28(14-10-19)15-11-22-18(2)27(3)23-6-4-5-12-29(23)25(22)31/h4-8,12,17,19,23-24,30H,9-11,13-16H2,1-3H3. The summed E-state index contributed by atoms with van der Waals surface area (Å²) in [5.41, 5.74) is 2.90. The highest BCUT2D eigenvalue weighted by molar-refractivity contribution is 5.96. The van der Waals surface area contributed by atoms with E-state index < -0.39 is 6.10 Å². The molecule has 31 heavy (non-hydrogen) atoms. The first-order valence-corrected chi connectivity index (χ1v) is 11.4. The zero-order valence-corrected chi connectivity index (χ0v) is 18.8.